The molecule has 1 fully saturated rings. The number of likely N-dealkylation sites (tertiary alicyclic amines) is 1. The third kappa shape index (κ3) is 4.76. The van der Waals surface area contributed by atoms with Crippen LogP contribution in [0.25, 0.3) is 0 Å². The van der Waals surface area contributed by atoms with Crippen molar-refractivity contribution in [1.29, 1.82) is 0 Å². The van der Waals surface area contributed by atoms with Crippen LogP contribution in [0.2, 0.25) is 0 Å². The first-order valence-electron chi connectivity index (χ1n) is 6.46. The summed E-state index contributed by atoms with van der Waals surface area (Å²) in [5.74, 6) is -1.76. The van der Waals surface area contributed by atoms with E-state index >= 15 is 0 Å². The van der Waals surface area contributed by atoms with Gasteiger partial charge >= 0.3 is 12.0 Å². The second-order valence-corrected chi connectivity index (χ2v) is 4.83. The van der Waals surface area contributed by atoms with Gasteiger partial charge in [-0.3, -0.25) is 9.59 Å². The molecule has 2 unspecified atom stereocenters. The maximum Gasteiger partial charge on any atom is 0.315 e. The number of hydrogen-bond acceptors (Lipinski definition) is 3. The molecule has 1 heterocycles. The number of amides is 3. The van der Waals surface area contributed by atoms with Crippen LogP contribution in [0.15, 0.2) is 0 Å². The molecule has 0 aromatic carbocycles. The third-order valence-electron chi connectivity index (χ3n) is 3.36. The number of rotatable bonds is 5. The SMILES string of the molecule is CC(NC(=O)NCC(=O)N1CCCC1)C(C)C(=O)O. The van der Waals surface area contributed by atoms with Gasteiger partial charge in [0.1, 0.15) is 0 Å². The molecule has 3 N–H and O–H groups in total. The Morgan fingerprint density at radius 2 is 1.79 bits per heavy atom. The number of carbonyl (C=O) groups is 3. The molecule has 0 bridgehead atoms. The molecule has 0 aromatic rings. The lowest BCUT2D eigenvalue weighted by molar-refractivity contribution is -0.141. The highest BCUT2D eigenvalue weighted by atomic mass is 16.4. The monoisotopic (exact) mass is 271 g/mol. The van der Waals surface area contributed by atoms with Crippen molar-refractivity contribution in [3.05, 3.63) is 0 Å². The predicted octanol–water partition coefficient (Wildman–Crippen LogP) is 0.0172. The van der Waals surface area contributed by atoms with E-state index in [0.717, 1.165) is 25.9 Å². The van der Waals surface area contributed by atoms with Gasteiger partial charge in [-0.1, -0.05) is 0 Å². The van der Waals surface area contributed by atoms with Crippen LogP contribution in [0.5, 0.6) is 0 Å². The molecule has 1 aliphatic heterocycles. The number of carbonyl (C=O) groups excluding carboxylic acids is 2. The second kappa shape index (κ2) is 6.96. The molecule has 7 nitrogen and oxygen atoms in total. The van der Waals surface area contributed by atoms with Crippen LogP contribution in [0, 0.1) is 5.92 Å². The van der Waals surface area contributed by atoms with Crippen LogP contribution in [-0.2, 0) is 9.59 Å². The van der Waals surface area contributed by atoms with Crippen LogP contribution in [0.4, 0.5) is 4.79 Å². The first-order chi connectivity index (χ1) is 8.91. The van der Waals surface area contributed by atoms with Crippen molar-refractivity contribution in [2.45, 2.75) is 32.7 Å². The maximum atomic E-state index is 11.7. The molecule has 1 aliphatic rings. The number of nitrogens with zero attached hydrogens (tertiary/aromatic N) is 1. The van der Waals surface area contributed by atoms with Crippen molar-refractivity contribution in [3.63, 3.8) is 0 Å². The van der Waals surface area contributed by atoms with E-state index < -0.39 is 24.0 Å². The molecule has 1 rings (SSSR count). The molecule has 0 radical (unpaired) electrons. The number of hydrogen-bond donors (Lipinski definition) is 3. The summed E-state index contributed by atoms with van der Waals surface area (Å²) in [7, 11) is 0. The summed E-state index contributed by atoms with van der Waals surface area (Å²) in [5.41, 5.74) is 0. The Labute approximate surface area is 112 Å². The number of aliphatic carboxylic acids is 1. The van der Waals surface area contributed by atoms with Crippen molar-refractivity contribution in [2.75, 3.05) is 19.6 Å². The van der Waals surface area contributed by atoms with Crippen molar-refractivity contribution < 1.29 is 19.5 Å². The summed E-state index contributed by atoms with van der Waals surface area (Å²) in [6.45, 7) is 4.56. The normalized spacial score (nSPS) is 17.7. The van der Waals surface area contributed by atoms with E-state index in [1.807, 2.05) is 0 Å². The number of carboxylic acid groups (broad SMARTS) is 1. The second-order valence-electron chi connectivity index (χ2n) is 4.83. The van der Waals surface area contributed by atoms with Crippen LogP contribution < -0.4 is 10.6 Å². The topological polar surface area (TPSA) is 98.7 Å². The fourth-order valence-corrected chi connectivity index (χ4v) is 1.83. The van der Waals surface area contributed by atoms with Gasteiger partial charge in [-0.25, -0.2) is 4.79 Å². The van der Waals surface area contributed by atoms with Crippen LogP contribution in [0.1, 0.15) is 26.7 Å². The Morgan fingerprint density at radius 1 is 1.21 bits per heavy atom. The van der Waals surface area contributed by atoms with E-state index in [0.29, 0.717) is 0 Å². The average molecular weight is 271 g/mol. The Balaban J connectivity index is 2.27. The zero-order valence-corrected chi connectivity index (χ0v) is 11.3. The summed E-state index contributed by atoms with van der Waals surface area (Å²) in [6.07, 6.45) is 2.01. The van der Waals surface area contributed by atoms with Crippen molar-refractivity contribution >= 4 is 17.9 Å². The lowest BCUT2D eigenvalue weighted by Gasteiger charge is -2.19. The highest BCUT2D eigenvalue weighted by Crippen LogP contribution is 2.06. The van der Waals surface area contributed by atoms with Gasteiger partial charge in [-0.15, -0.1) is 0 Å². The fraction of sp³-hybridized carbons (Fsp3) is 0.750. The Hall–Kier alpha value is -1.79. The highest BCUT2D eigenvalue weighted by Gasteiger charge is 2.22. The summed E-state index contributed by atoms with van der Waals surface area (Å²) in [5, 5.41) is 13.7. The predicted molar refractivity (Wildman–Crippen MR) is 68.6 cm³/mol. The zero-order valence-electron chi connectivity index (χ0n) is 11.3. The standard InChI is InChI=1S/C12H21N3O4/c1-8(11(17)18)9(2)14-12(19)13-7-10(16)15-5-3-4-6-15/h8-9H,3-7H2,1-2H3,(H,17,18)(H2,13,14,19). The quantitative estimate of drug-likeness (QED) is 0.656. The molecule has 0 aromatic heterocycles. The molecular weight excluding hydrogens is 250 g/mol. The summed E-state index contributed by atoms with van der Waals surface area (Å²) in [4.78, 5) is 35.6. The number of urea groups is 1. The molecule has 3 amide bonds. The first kappa shape index (κ1) is 15.3. The van der Waals surface area contributed by atoms with Gasteiger partial charge in [-0.05, 0) is 26.7 Å². The molecule has 7 heteroatoms. The Bertz CT molecular complexity index is 353. The molecular formula is C12H21N3O4. The van der Waals surface area contributed by atoms with Crippen molar-refractivity contribution in [1.82, 2.24) is 15.5 Å². The van der Waals surface area contributed by atoms with E-state index in [1.54, 1.807) is 11.8 Å². The molecule has 2 atom stereocenters. The van der Waals surface area contributed by atoms with Crippen LogP contribution in [-0.4, -0.2) is 53.6 Å². The Kier molecular flexibility index (Phi) is 5.59. The van der Waals surface area contributed by atoms with E-state index in [2.05, 4.69) is 10.6 Å². The minimum Gasteiger partial charge on any atom is -0.481 e. The smallest absolute Gasteiger partial charge is 0.315 e. The van der Waals surface area contributed by atoms with E-state index in [1.165, 1.54) is 6.92 Å². The molecule has 0 spiro atoms. The molecule has 19 heavy (non-hydrogen) atoms. The molecule has 108 valence electrons. The Morgan fingerprint density at radius 3 is 2.32 bits per heavy atom. The first-order valence-corrected chi connectivity index (χ1v) is 6.46. The van der Waals surface area contributed by atoms with Crippen LogP contribution >= 0.6 is 0 Å². The number of carboxylic acids is 1. The minimum absolute atomic E-state index is 0.0555. The lowest BCUT2D eigenvalue weighted by Crippen LogP contribution is -2.48. The van der Waals surface area contributed by atoms with Gasteiger partial charge in [-0.2, -0.15) is 0 Å². The zero-order chi connectivity index (χ0) is 14.4. The van der Waals surface area contributed by atoms with Gasteiger partial charge in [0.2, 0.25) is 5.91 Å². The van der Waals surface area contributed by atoms with Gasteiger partial charge in [0.05, 0.1) is 12.5 Å². The van der Waals surface area contributed by atoms with E-state index in [9.17, 15) is 14.4 Å². The average Bonchev–Trinajstić information content (AvgIpc) is 2.88. The lowest BCUT2D eigenvalue weighted by atomic mass is 10.0. The van der Waals surface area contributed by atoms with Gasteiger partial charge < -0.3 is 20.6 Å². The van der Waals surface area contributed by atoms with Crippen molar-refractivity contribution in [3.8, 4) is 0 Å². The molecule has 1 saturated heterocycles. The summed E-state index contributed by atoms with van der Waals surface area (Å²) in [6, 6.07) is -1.02. The fourth-order valence-electron chi connectivity index (χ4n) is 1.83. The largest absolute Gasteiger partial charge is 0.481 e. The third-order valence-corrected chi connectivity index (χ3v) is 3.36. The van der Waals surface area contributed by atoms with Gasteiger partial charge in [0.25, 0.3) is 0 Å². The van der Waals surface area contributed by atoms with Gasteiger partial charge in [0, 0.05) is 19.1 Å². The molecule has 0 aliphatic carbocycles. The molecule has 0 saturated carbocycles. The van der Waals surface area contributed by atoms with E-state index in [4.69, 9.17) is 5.11 Å². The highest BCUT2D eigenvalue weighted by molar-refractivity contribution is 5.84. The summed E-state index contributed by atoms with van der Waals surface area (Å²) < 4.78 is 0. The summed E-state index contributed by atoms with van der Waals surface area (Å²) >= 11 is 0. The van der Waals surface area contributed by atoms with Crippen LogP contribution in [0.3, 0.4) is 0 Å². The van der Waals surface area contributed by atoms with Crippen molar-refractivity contribution in [2.24, 2.45) is 5.92 Å². The maximum absolute atomic E-state index is 11.7. The minimum atomic E-state index is -0.971. The van der Waals surface area contributed by atoms with Gasteiger partial charge in [0.15, 0.2) is 0 Å². The number of nitrogens with one attached hydrogen (secondary N) is 2. The van der Waals surface area contributed by atoms with E-state index in [-0.39, 0.29) is 12.5 Å².